The molecule has 1 aliphatic rings. The number of hydrogen-bond acceptors (Lipinski definition) is 2. The average Bonchev–Trinajstić information content (AvgIpc) is 2.84. The van der Waals surface area contributed by atoms with Gasteiger partial charge in [0.05, 0.1) is 10.7 Å². The molecular weight excluding hydrogens is 280 g/mol. The van der Waals surface area contributed by atoms with Crippen LogP contribution >= 0.6 is 23.8 Å². The SMILES string of the molecule is NC(=S)c1ccc(Cl)c(NC(=O)CC2CCCC2)c1. The van der Waals surface area contributed by atoms with E-state index in [1.54, 1.807) is 18.2 Å². The standard InChI is InChI=1S/C14H17ClN2OS/c15-11-6-5-10(14(16)19)8-12(11)17-13(18)7-9-3-1-2-4-9/h5-6,8-9H,1-4,7H2,(H2,16,19)(H,17,18). The highest BCUT2D eigenvalue weighted by Gasteiger charge is 2.19. The molecule has 0 atom stereocenters. The van der Waals surface area contributed by atoms with Crippen molar-refractivity contribution in [2.45, 2.75) is 32.1 Å². The van der Waals surface area contributed by atoms with E-state index in [0.29, 0.717) is 33.6 Å². The van der Waals surface area contributed by atoms with E-state index in [-0.39, 0.29) is 5.91 Å². The lowest BCUT2D eigenvalue weighted by molar-refractivity contribution is -0.117. The highest BCUT2D eigenvalue weighted by molar-refractivity contribution is 7.80. The van der Waals surface area contributed by atoms with Crippen LogP contribution in [0.3, 0.4) is 0 Å². The fourth-order valence-corrected chi connectivity index (χ4v) is 2.74. The number of hydrogen-bond donors (Lipinski definition) is 2. The molecule has 19 heavy (non-hydrogen) atoms. The maximum atomic E-state index is 12.0. The Hall–Kier alpha value is -1.13. The largest absolute Gasteiger partial charge is 0.389 e. The van der Waals surface area contributed by atoms with E-state index in [2.05, 4.69) is 5.32 Å². The molecule has 1 saturated carbocycles. The molecule has 1 fully saturated rings. The second-order valence-electron chi connectivity index (χ2n) is 4.96. The molecule has 1 amide bonds. The maximum absolute atomic E-state index is 12.0. The number of nitrogens with two attached hydrogens (primary N) is 1. The Bertz CT molecular complexity index is 498. The molecule has 1 aliphatic carbocycles. The van der Waals surface area contributed by atoms with Crippen molar-refractivity contribution >= 4 is 40.4 Å². The van der Waals surface area contributed by atoms with Crippen LogP contribution in [0, 0.1) is 5.92 Å². The highest BCUT2D eigenvalue weighted by atomic mass is 35.5. The van der Waals surface area contributed by atoms with Gasteiger partial charge in [0.2, 0.25) is 5.91 Å². The monoisotopic (exact) mass is 296 g/mol. The van der Waals surface area contributed by atoms with E-state index in [0.717, 1.165) is 12.8 Å². The molecule has 2 rings (SSSR count). The number of carbonyl (C=O) groups is 1. The lowest BCUT2D eigenvalue weighted by atomic mass is 10.0. The van der Waals surface area contributed by atoms with Crippen LogP contribution in [0.25, 0.3) is 0 Å². The van der Waals surface area contributed by atoms with Gasteiger partial charge < -0.3 is 11.1 Å². The molecule has 1 aromatic carbocycles. The minimum Gasteiger partial charge on any atom is -0.389 e. The van der Waals surface area contributed by atoms with Gasteiger partial charge in [-0.2, -0.15) is 0 Å². The summed E-state index contributed by atoms with van der Waals surface area (Å²) in [5.41, 5.74) is 6.85. The van der Waals surface area contributed by atoms with Gasteiger partial charge in [-0.1, -0.05) is 42.7 Å². The molecule has 0 spiro atoms. The lowest BCUT2D eigenvalue weighted by Gasteiger charge is -2.11. The predicted molar refractivity (Wildman–Crippen MR) is 82.5 cm³/mol. The summed E-state index contributed by atoms with van der Waals surface area (Å²) in [6.45, 7) is 0. The second kappa shape index (κ2) is 6.35. The van der Waals surface area contributed by atoms with Crippen molar-refractivity contribution in [3.8, 4) is 0 Å². The minimum absolute atomic E-state index is 0.00823. The quantitative estimate of drug-likeness (QED) is 0.836. The highest BCUT2D eigenvalue weighted by Crippen LogP contribution is 2.29. The van der Waals surface area contributed by atoms with Gasteiger partial charge in [0.1, 0.15) is 4.99 Å². The Labute approximate surface area is 123 Å². The molecule has 0 heterocycles. The maximum Gasteiger partial charge on any atom is 0.224 e. The molecular formula is C14H17ClN2OS. The topological polar surface area (TPSA) is 55.1 Å². The minimum atomic E-state index is 0.00823. The molecule has 0 aliphatic heterocycles. The van der Waals surface area contributed by atoms with Gasteiger partial charge in [-0.25, -0.2) is 0 Å². The van der Waals surface area contributed by atoms with Crippen molar-refractivity contribution in [2.24, 2.45) is 11.7 Å². The van der Waals surface area contributed by atoms with Crippen molar-refractivity contribution < 1.29 is 4.79 Å². The molecule has 0 aromatic heterocycles. The lowest BCUT2D eigenvalue weighted by Crippen LogP contribution is -2.16. The van der Waals surface area contributed by atoms with E-state index in [1.165, 1.54) is 12.8 Å². The number of amides is 1. The molecule has 0 radical (unpaired) electrons. The van der Waals surface area contributed by atoms with Gasteiger partial charge in [0, 0.05) is 12.0 Å². The Morgan fingerprint density at radius 1 is 1.42 bits per heavy atom. The molecule has 3 nitrogen and oxygen atoms in total. The van der Waals surface area contributed by atoms with Crippen molar-refractivity contribution in [3.63, 3.8) is 0 Å². The summed E-state index contributed by atoms with van der Waals surface area (Å²) in [5, 5.41) is 3.35. The van der Waals surface area contributed by atoms with E-state index in [9.17, 15) is 4.79 Å². The van der Waals surface area contributed by atoms with Crippen LogP contribution in [-0.2, 0) is 4.79 Å². The van der Waals surface area contributed by atoms with Gasteiger partial charge in [-0.15, -0.1) is 0 Å². The first kappa shape index (κ1) is 14.3. The summed E-state index contributed by atoms with van der Waals surface area (Å²) in [6, 6.07) is 5.16. The predicted octanol–water partition coefficient (Wildman–Crippen LogP) is 3.49. The van der Waals surface area contributed by atoms with Crippen LogP contribution in [0.4, 0.5) is 5.69 Å². The Balaban J connectivity index is 2.02. The number of nitrogens with one attached hydrogen (secondary N) is 1. The Morgan fingerprint density at radius 2 is 2.11 bits per heavy atom. The third kappa shape index (κ3) is 3.91. The fourth-order valence-electron chi connectivity index (χ4n) is 2.45. The average molecular weight is 297 g/mol. The third-order valence-electron chi connectivity index (χ3n) is 3.47. The summed E-state index contributed by atoms with van der Waals surface area (Å²) >= 11 is 11.0. The second-order valence-corrected chi connectivity index (χ2v) is 5.81. The van der Waals surface area contributed by atoms with Crippen LogP contribution in [0.1, 0.15) is 37.7 Å². The zero-order chi connectivity index (χ0) is 13.8. The molecule has 5 heteroatoms. The summed E-state index contributed by atoms with van der Waals surface area (Å²) < 4.78 is 0. The van der Waals surface area contributed by atoms with Gasteiger partial charge >= 0.3 is 0 Å². The van der Waals surface area contributed by atoms with Gasteiger partial charge in [0.25, 0.3) is 0 Å². The zero-order valence-corrected chi connectivity index (χ0v) is 12.2. The Kier molecular flexibility index (Phi) is 4.77. The van der Waals surface area contributed by atoms with Crippen molar-refractivity contribution in [2.75, 3.05) is 5.32 Å². The first-order chi connectivity index (χ1) is 9.06. The summed E-state index contributed by atoms with van der Waals surface area (Å²) in [6.07, 6.45) is 5.32. The van der Waals surface area contributed by atoms with Crippen molar-refractivity contribution in [1.82, 2.24) is 0 Å². The van der Waals surface area contributed by atoms with Crippen LogP contribution in [0.2, 0.25) is 5.02 Å². The van der Waals surface area contributed by atoms with E-state index in [1.807, 2.05) is 0 Å². The first-order valence-electron chi connectivity index (χ1n) is 6.45. The van der Waals surface area contributed by atoms with Gasteiger partial charge in [-0.05, 0) is 30.9 Å². The Morgan fingerprint density at radius 3 is 2.74 bits per heavy atom. The van der Waals surface area contributed by atoms with Crippen molar-refractivity contribution in [1.29, 1.82) is 0 Å². The van der Waals surface area contributed by atoms with Crippen LogP contribution in [-0.4, -0.2) is 10.9 Å². The number of thiocarbonyl (C=S) groups is 1. The molecule has 3 N–H and O–H groups in total. The van der Waals surface area contributed by atoms with Gasteiger partial charge in [-0.3, -0.25) is 4.79 Å². The number of anilines is 1. The number of carbonyl (C=O) groups excluding carboxylic acids is 1. The zero-order valence-electron chi connectivity index (χ0n) is 10.6. The van der Waals surface area contributed by atoms with Crippen LogP contribution in [0.5, 0.6) is 0 Å². The van der Waals surface area contributed by atoms with Crippen LogP contribution < -0.4 is 11.1 Å². The molecule has 1 aromatic rings. The normalized spacial score (nSPS) is 15.4. The number of rotatable bonds is 4. The molecule has 0 unspecified atom stereocenters. The molecule has 0 saturated heterocycles. The summed E-state index contributed by atoms with van der Waals surface area (Å²) in [5.74, 6) is 0.520. The van der Waals surface area contributed by atoms with Crippen LogP contribution in [0.15, 0.2) is 18.2 Å². The van der Waals surface area contributed by atoms with Gasteiger partial charge in [0.15, 0.2) is 0 Å². The number of benzene rings is 1. The third-order valence-corrected chi connectivity index (χ3v) is 4.04. The van der Waals surface area contributed by atoms with E-state index < -0.39 is 0 Å². The van der Waals surface area contributed by atoms with Crippen molar-refractivity contribution in [3.05, 3.63) is 28.8 Å². The summed E-state index contributed by atoms with van der Waals surface area (Å²) in [4.78, 5) is 12.3. The van der Waals surface area contributed by atoms with E-state index in [4.69, 9.17) is 29.6 Å². The number of halogens is 1. The summed E-state index contributed by atoms with van der Waals surface area (Å²) in [7, 11) is 0. The molecule has 102 valence electrons. The first-order valence-corrected chi connectivity index (χ1v) is 7.24. The fraction of sp³-hybridized carbons (Fsp3) is 0.429. The van der Waals surface area contributed by atoms with E-state index >= 15 is 0 Å². The smallest absolute Gasteiger partial charge is 0.224 e. The molecule has 0 bridgehead atoms.